The Morgan fingerprint density at radius 1 is 0.600 bits per heavy atom. The minimum Gasteiger partial charge on any atom is -0.386 e. The first-order valence-corrected chi connectivity index (χ1v) is 20.9. The van der Waals surface area contributed by atoms with Crippen LogP contribution in [0.1, 0.15) is 48.1 Å². The second kappa shape index (κ2) is 21.8. The van der Waals surface area contributed by atoms with E-state index in [9.17, 15) is 5.11 Å². The number of hydrogen-bond donors (Lipinski definition) is 1. The number of hydrogen-bond acceptors (Lipinski definition) is 9. The van der Waals surface area contributed by atoms with E-state index in [1.807, 2.05) is 166 Å². The van der Waals surface area contributed by atoms with Gasteiger partial charge in [0.15, 0.2) is 5.79 Å². The molecular weight excluding hydrogens is 757 g/mol. The highest BCUT2D eigenvalue weighted by molar-refractivity contribution is 5.18. The van der Waals surface area contributed by atoms with Crippen molar-refractivity contribution in [2.45, 2.75) is 108 Å². The number of ether oxygens (including phenoxy) is 8. The van der Waals surface area contributed by atoms with E-state index in [-0.39, 0.29) is 26.2 Å². The van der Waals surface area contributed by atoms with E-state index >= 15 is 0 Å². The smallest absolute Gasteiger partial charge is 0.163 e. The summed E-state index contributed by atoms with van der Waals surface area (Å²) < 4.78 is 52.8. The van der Waals surface area contributed by atoms with Gasteiger partial charge in [0.1, 0.15) is 42.7 Å². The number of benzene rings is 5. The lowest BCUT2D eigenvalue weighted by Crippen LogP contribution is -2.61. The Labute approximate surface area is 354 Å². The molecule has 2 saturated heterocycles. The third-order valence-electron chi connectivity index (χ3n) is 10.9. The van der Waals surface area contributed by atoms with E-state index in [4.69, 9.17) is 37.9 Å². The molecule has 0 aliphatic carbocycles. The van der Waals surface area contributed by atoms with Crippen LogP contribution in [-0.2, 0) is 70.9 Å². The Morgan fingerprint density at radius 3 is 1.47 bits per heavy atom. The number of aliphatic hydroxyl groups is 1. The lowest BCUT2D eigenvalue weighted by Gasteiger charge is -2.47. The quantitative estimate of drug-likeness (QED) is 0.0730. The van der Waals surface area contributed by atoms with Gasteiger partial charge in [-0.3, -0.25) is 0 Å². The second-order valence-electron chi connectivity index (χ2n) is 15.9. The molecule has 1 N–H and O–H groups in total. The van der Waals surface area contributed by atoms with Gasteiger partial charge in [-0.2, -0.15) is 0 Å². The van der Waals surface area contributed by atoms with E-state index in [0.717, 1.165) is 27.8 Å². The molecule has 2 aliphatic heterocycles. The van der Waals surface area contributed by atoms with Crippen molar-refractivity contribution in [2.75, 3.05) is 13.2 Å². The van der Waals surface area contributed by atoms with Crippen LogP contribution < -0.4 is 0 Å². The van der Waals surface area contributed by atoms with Crippen molar-refractivity contribution in [1.82, 2.24) is 0 Å². The molecule has 0 unspecified atom stereocenters. The molecule has 0 aromatic heterocycles. The molecule has 9 nitrogen and oxygen atoms in total. The third kappa shape index (κ3) is 12.5. The lowest BCUT2D eigenvalue weighted by atomic mass is 9.88. The van der Waals surface area contributed by atoms with Crippen LogP contribution in [0.2, 0.25) is 0 Å². The molecule has 60 heavy (non-hydrogen) atoms. The summed E-state index contributed by atoms with van der Waals surface area (Å²) in [6.45, 7) is 10.3. The van der Waals surface area contributed by atoms with E-state index in [1.165, 1.54) is 0 Å². The van der Waals surface area contributed by atoms with Crippen LogP contribution in [0.3, 0.4) is 0 Å². The maximum Gasteiger partial charge on any atom is 0.163 e. The maximum absolute atomic E-state index is 12.2. The van der Waals surface area contributed by atoms with Crippen molar-refractivity contribution in [2.24, 2.45) is 0 Å². The maximum atomic E-state index is 12.2. The summed E-state index contributed by atoms with van der Waals surface area (Å²) in [5.41, 5.74) is 5.57. The highest BCUT2D eigenvalue weighted by Crippen LogP contribution is 2.36. The fraction of sp³-hybridized carbons (Fsp3) is 0.373. The average molecular weight is 815 g/mol. The van der Waals surface area contributed by atoms with Crippen LogP contribution in [-0.4, -0.2) is 72.9 Å². The molecule has 2 fully saturated rings. The predicted octanol–water partition coefficient (Wildman–Crippen LogP) is 8.77. The van der Waals surface area contributed by atoms with Crippen LogP contribution >= 0.6 is 0 Å². The van der Waals surface area contributed by atoms with Gasteiger partial charge in [-0.15, -0.1) is 0 Å². The first kappa shape index (κ1) is 43.6. The zero-order valence-electron chi connectivity index (χ0n) is 34.6. The summed E-state index contributed by atoms with van der Waals surface area (Å²) >= 11 is 0. The van der Waals surface area contributed by atoms with Crippen LogP contribution in [0, 0.1) is 0 Å². The lowest BCUT2D eigenvalue weighted by molar-refractivity contribution is -0.272. The summed E-state index contributed by atoms with van der Waals surface area (Å²) in [4.78, 5) is 0. The molecule has 0 saturated carbocycles. The summed E-state index contributed by atoms with van der Waals surface area (Å²) in [5, 5.41) is 12.2. The molecule has 2 heterocycles. The van der Waals surface area contributed by atoms with E-state index < -0.39 is 54.6 Å². The molecule has 316 valence electrons. The zero-order chi connectivity index (χ0) is 41.6. The van der Waals surface area contributed by atoms with Gasteiger partial charge in [-0.1, -0.05) is 158 Å². The first-order chi connectivity index (χ1) is 29.3. The Kier molecular flexibility index (Phi) is 15.9. The highest BCUT2D eigenvalue weighted by Gasteiger charge is 2.49. The Hall–Kier alpha value is -4.52. The monoisotopic (exact) mass is 814 g/mol. The van der Waals surface area contributed by atoms with E-state index in [2.05, 4.69) is 6.58 Å². The molecule has 0 amide bonds. The second-order valence-corrected chi connectivity index (χ2v) is 15.9. The number of aliphatic hydroxyl groups excluding tert-OH is 1. The van der Waals surface area contributed by atoms with Crippen molar-refractivity contribution < 1.29 is 43.0 Å². The van der Waals surface area contributed by atoms with Crippen LogP contribution in [0.5, 0.6) is 0 Å². The standard InChI is InChI=1S/C51H58O9/c1-37(46(52)47(45-36-58-51(2,3)60-45)54-31-39-21-11-5-12-22-39)29-43-48(55-32-40-23-13-6-14-24-40)50(57-34-42-27-17-8-18-28-42)49(56-33-41-25-15-7-16-26-41)44(59-43)35-53-30-38-19-9-4-10-20-38/h4-28,43-50,52H,1,29-36H2,2-3H3/t43-,44-,45-,46-,47-,48+,49-,50-/m1/s1. The topological polar surface area (TPSA) is 94.1 Å². The van der Waals surface area contributed by atoms with Crippen LogP contribution in [0.15, 0.2) is 164 Å². The highest BCUT2D eigenvalue weighted by atomic mass is 16.8. The largest absolute Gasteiger partial charge is 0.386 e. The molecule has 5 aromatic carbocycles. The van der Waals surface area contributed by atoms with Gasteiger partial charge in [0.25, 0.3) is 0 Å². The van der Waals surface area contributed by atoms with Crippen molar-refractivity contribution >= 4 is 0 Å². The number of rotatable bonds is 21. The summed E-state index contributed by atoms with van der Waals surface area (Å²) in [7, 11) is 0. The molecule has 0 spiro atoms. The van der Waals surface area contributed by atoms with Crippen molar-refractivity contribution in [3.05, 3.63) is 192 Å². The minimum atomic E-state index is -1.13. The molecule has 7 rings (SSSR count). The molecule has 5 aromatic rings. The Balaban J connectivity index is 1.19. The SMILES string of the molecule is C=C(C[C@H]1O[C@H](COCc2ccccc2)[C@@H](OCc2ccccc2)[C@H](OCc2ccccc2)[C@H]1OCc1ccccc1)[C@@H](O)[C@H](OCc1ccccc1)[C@H]1COC(C)(C)O1. The normalized spacial score (nSPS) is 23.5. The molecule has 8 atom stereocenters. The summed E-state index contributed by atoms with van der Waals surface area (Å²) in [5.74, 6) is -0.825. The fourth-order valence-electron chi connectivity index (χ4n) is 7.71. The zero-order valence-corrected chi connectivity index (χ0v) is 34.6. The van der Waals surface area contributed by atoms with Crippen molar-refractivity contribution in [1.29, 1.82) is 0 Å². The Morgan fingerprint density at radius 2 is 1.02 bits per heavy atom. The van der Waals surface area contributed by atoms with Crippen molar-refractivity contribution in [3.8, 4) is 0 Å². The van der Waals surface area contributed by atoms with Gasteiger partial charge in [0.2, 0.25) is 0 Å². The van der Waals surface area contributed by atoms with Crippen molar-refractivity contribution in [3.63, 3.8) is 0 Å². The van der Waals surface area contributed by atoms with Gasteiger partial charge in [-0.05, 0) is 53.7 Å². The third-order valence-corrected chi connectivity index (χ3v) is 10.9. The van der Waals surface area contributed by atoms with Gasteiger partial charge in [0.05, 0.1) is 52.4 Å². The predicted molar refractivity (Wildman–Crippen MR) is 230 cm³/mol. The van der Waals surface area contributed by atoms with E-state index in [0.29, 0.717) is 32.0 Å². The molecule has 0 radical (unpaired) electrons. The summed E-state index contributed by atoms with van der Waals surface area (Å²) in [6.07, 6.45) is -5.23. The molecule has 9 heteroatoms. The van der Waals surface area contributed by atoms with E-state index in [1.54, 1.807) is 0 Å². The molecular formula is C51H58O9. The first-order valence-electron chi connectivity index (χ1n) is 20.9. The van der Waals surface area contributed by atoms with Crippen LogP contribution in [0.25, 0.3) is 0 Å². The van der Waals surface area contributed by atoms with Gasteiger partial charge < -0.3 is 43.0 Å². The average Bonchev–Trinajstić information content (AvgIpc) is 3.65. The van der Waals surface area contributed by atoms with Gasteiger partial charge in [0, 0.05) is 0 Å². The van der Waals surface area contributed by atoms with Gasteiger partial charge >= 0.3 is 0 Å². The molecule has 2 aliphatic rings. The van der Waals surface area contributed by atoms with Crippen LogP contribution in [0.4, 0.5) is 0 Å². The fourth-order valence-corrected chi connectivity index (χ4v) is 7.71. The Bertz CT molecular complexity index is 1980. The summed E-state index contributed by atoms with van der Waals surface area (Å²) in [6, 6.07) is 50.1. The minimum absolute atomic E-state index is 0.224. The van der Waals surface area contributed by atoms with Gasteiger partial charge in [-0.25, -0.2) is 0 Å². The molecule has 0 bridgehead atoms.